The number of hydrogen-bond acceptors (Lipinski definition) is 4. The normalized spacial score (nSPS) is 17.3. The number of hydrogen-bond donors (Lipinski definition) is 0. The molecular formula is C26H25F3N6O. The van der Waals surface area contributed by atoms with Crippen LogP contribution in [0, 0.1) is 17.5 Å². The van der Waals surface area contributed by atoms with E-state index < -0.39 is 17.5 Å². The molecule has 0 N–H and O–H groups in total. The minimum atomic E-state index is -1.50. The van der Waals surface area contributed by atoms with Crippen LogP contribution in [0.15, 0.2) is 48.8 Å². The van der Waals surface area contributed by atoms with E-state index in [1.165, 1.54) is 0 Å². The third-order valence-corrected chi connectivity index (χ3v) is 6.81. The quantitative estimate of drug-likeness (QED) is 0.366. The average molecular weight is 495 g/mol. The Morgan fingerprint density at radius 1 is 1.08 bits per heavy atom. The Hall–Kier alpha value is -3.95. The van der Waals surface area contributed by atoms with E-state index in [0.29, 0.717) is 41.9 Å². The number of carbonyl (C=O) groups is 1. The Bertz CT molecular complexity index is 1410. The zero-order chi connectivity index (χ0) is 25.6. The predicted octanol–water partition coefficient (Wildman–Crippen LogP) is 5.01. The van der Waals surface area contributed by atoms with E-state index in [9.17, 15) is 18.0 Å². The van der Waals surface area contributed by atoms with Crippen molar-refractivity contribution < 1.29 is 18.0 Å². The van der Waals surface area contributed by atoms with Crippen molar-refractivity contribution in [2.45, 2.75) is 45.2 Å². The molecule has 0 saturated carbocycles. The van der Waals surface area contributed by atoms with Crippen LogP contribution >= 0.6 is 0 Å². The zero-order valence-corrected chi connectivity index (χ0v) is 20.1. The molecule has 7 nitrogen and oxygen atoms in total. The van der Waals surface area contributed by atoms with Crippen molar-refractivity contribution in [3.05, 3.63) is 83.1 Å². The third-order valence-electron chi connectivity index (χ3n) is 6.81. The van der Waals surface area contributed by atoms with Gasteiger partial charge in [-0.25, -0.2) is 17.9 Å². The topological polar surface area (TPSA) is 68.8 Å². The van der Waals surface area contributed by atoms with Gasteiger partial charge in [0.25, 0.3) is 5.91 Å². The number of aromatic nitrogens is 5. The molecule has 2 aromatic carbocycles. The second-order valence-electron chi connectivity index (χ2n) is 8.86. The average Bonchev–Trinajstić information content (AvgIpc) is 3.53. The molecule has 2 aromatic heterocycles. The number of benzene rings is 2. The molecule has 0 aliphatic carbocycles. The molecule has 0 fully saturated rings. The van der Waals surface area contributed by atoms with Gasteiger partial charge >= 0.3 is 0 Å². The Morgan fingerprint density at radius 2 is 1.81 bits per heavy atom. The summed E-state index contributed by atoms with van der Waals surface area (Å²) in [5.41, 5.74) is 3.33. The molecule has 4 aromatic rings. The molecule has 5 rings (SSSR count). The van der Waals surface area contributed by atoms with Gasteiger partial charge in [-0.1, -0.05) is 31.2 Å². The van der Waals surface area contributed by atoms with E-state index in [2.05, 4.69) is 15.4 Å². The first-order valence-electron chi connectivity index (χ1n) is 11.8. The highest BCUT2D eigenvalue weighted by Gasteiger charge is 2.40. The molecule has 1 aliphatic rings. The number of fused-ring (bicyclic) bond motifs is 1. The van der Waals surface area contributed by atoms with Crippen LogP contribution in [0.5, 0.6) is 0 Å². The summed E-state index contributed by atoms with van der Waals surface area (Å²) in [5, 5.41) is 12.6. The zero-order valence-electron chi connectivity index (χ0n) is 20.1. The van der Waals surface area contributed by atoms with Crippen molar-refractivity contribution in [1.82, 2.24) is 29.7 Å². The largest absolute Gasteiger partial charge is 0.327 e. The highest BCUT2D eigenvalue weighted by atomic mass is 19.2. The van der Waals surface area contributed by atoms with Crippen LogP contribution in [-0.4, -0.2) is 41.6 Å². The number of aryl methyl sites for hydroxylation is 1. The third kappa shape index (κ3) is 3.77. The number of rotatable bonds is 5. The molecule has 36 heavy (non-hydrogen) atoms. The summed E-state index contributed by atoms with van der Waals surface area (Å²) >= 11 is 0. The molecular weight excluding hydrogens is 469 g/mol. The molecule has 0 bridgehead atoms. The standard InChI is InChI=1S/C26H25F3N6O/c1-4-16-14-18-24(31-33(3)25(18)15-12-19(27)23(29)20(28)13-15)21(5-2)35(16)26(36)17-8-6-7-9-22(17)34-11-10-30-32-34/h6-13,16,21H,4-5,14H2,1-3H3. The fourth-order valence-corrected chi connectivity index (χ4v) is 5.20. The van der Waals surface area contributed by atoms with E-state index in [4.69, 9.17) is 0 Å². The number of carbonyl (C=O) groups excluding carboxylic acids is 1. The maximum atomic E-state index is 14.1. The Balaban J connectivity index is 1.62. The highest BCUT2D eigenvalue weighted by Crippen LogP contribution is 2.41. The maximum Gasteiger partial charge on any atom is 0.256 e. The SMILES string of the molecule is CCC1Cc2c(nn(C)c2-c2cc(F)c(F)c(F)c2)C(CC)N1C(=O)c1ccccc1-n1ccnn1. The number of amides is 1. The van der Waals surface area contributed by atoms with Gasteiger partial charge in [0.2, 0.25) is 0 Å². The van der Waals surface area contributed by atoms with Crippen LogP contribution in [0.3, 0.4) is 0 Å². The van der Waals surface area contributed by atoms with Gasteiger partial charge in [-0.15, -0.1) is 5.10 Å². The predicted molar refractivity (Wildman–Crippen MR) is 127 cm³/mol. The molecule has 0 radical (unpaired) electrons. The molecule has 2 atom stereocenters. The van der Waals surface area contributed by atoms with Crippen molar-refractivity contribution in [3.63, 3.8) is 0 Å². The lowest BCUT2D eigenvalue weighted by Gasteiger charge is -2.41. The van der Waals surface area contributed by atoms with Gasteiger partial charge in [0.05, 0.1) is 41.1 Å². The number of halogens is 3. The summed E-state index contributed by atoms with van der Waals surface area (Å²) in [6.45, 7) is 3.97. The monoisotopic (exact) mass is 494 g/mol. The Morgan fingerprint density at radius 3 is 2.44 bits per heavy atom. The fourth-order valence-electron chi connectivity index (χ4n) is 5.20. The summed E-state index contributed by atoms with van der Waals surface area (Å²) < 4.78 is 44.9. The van der Waals surface area contributed by atoms with E-state index in [1.54, 1.807) is 40.9 Å². The lowest BCUT2D eigenvalue weighted by atomic mass is 9.87. The van der Waals surface area contributed by atoms with Crippen molar-refractivity contribution in [2.75, 3.05) is 0 Å². The van der Waals surface area contributed by atoms with Crippen LogP contribution in [-0.2, 0) is 13.5 Å². The molecule has 0 spiro atoms. The van der Waals surface area contributed by atoms with Crippen LogP contribution in [0.25, 0.3) is 16.9 Å². The van der Waals surface area contributed by atoms with E-state index in [0.717, 1.165) is 17.7 Å². The molecule has 10 heteroatoms. The molecule has 2 unspecified atom stereocenters. The van der Waals surface area contributed by atoms with Gasteiger partial charge in [-0.3, -0.25) is 9.48 Å². The smallest absolute Gasteiger partial charge is 0.256 e. The second kappa shape index (κ2) is 9.25. The minimum absolute atomic E-state index is 0.156. The lowest BCUT2D eigenvalue weighted by Crippen LogP contribution is -2.47. The van der Waals surface area contributed by atoms with Crippen LogP contribution in [0.2, 0.25) is 0 Å². The minimum Gasteiger partial charge on any atom is -0.327 e. The van der Waals surface area contributed by atoms with Gasteiger partial charge in [-0.2, -0.15) is 5.10 Å². The van der Waals surface area contributed by atoms with E-state index in [-0.39, 0.29) is 23.6 Å². The molecule has 186 valence electrons. The van der Waals surface area contributed by atoms with Gasteiger partial charge in [-0.05, 0) is 43.5 Å². The first kappa shape index (κ1) is 23.8. The van der Waals surface area contributed by atoms with E-state index in [1.807, 2.05) is 30.9 Å². The molecule has 0 saturated heterocycles. The van der Waals surface area contributed by atoms with Crippen molar-refractivity contribution in [2.24, 2.45) is 7.05 Å². The van der Waals surface area contributed by atoms with Crippen LogP contribution < -0.4 is 0 Å². The molecule has 3 heterocycles. The summed E-state index contributed by atoms with van der Waals surface area (Å²) in [7, 11) is 1.69. The summed E-state index contributed by atoms with van der Waals surface area (Å²) in [6, 6.07) is 8.66. The molecule has 1 amide bonds. The summed E-state index contributed by atoms with van der Waals surface area (Å²) in [5.74, 6) is -4.17. The molecule has 1 aliphatic heterocycles. The first-order chi connectivity index (χ1) is 17.3. The number of para-hydroxylation sites is 1. The Labute approximate surface area is 206 Å². The van der Waals surface area contributed by atoms with Crippen molar-refractivity contribution in [3.8, 4) is 16.9 Å². The van der Waals surface area contributed by atoms with Gasteiger partial charge in [0, 0.05) is 24.2 Å². The van der Waals surface area contributed by atoms with E-state index >= 15 is 0 Å². The Kier molecular flexibility index (Phi) is 6.11. The second-order valence-corrected chi connectivity index (χ2v) is 8.86. The van der Waals surface area contributed by atoms with Gasteiger partial charge < -0.3 is 4.90 Å². The van der Waals surface area contributed by atoms with Crippen LogP contribution in [0.4, 0.5) is 13.2 Å². The maximum absolute atomic E-state index is 14.1. The number of nitrogens with zero attached hydrogens (tertiary/aromatic N) is 6. The van der Waals surface area contributed by atoms with Crippen molar-refractivity contribution in [1.29, 1.82) is 0 Å². The van der Waals surface area contributed by atoms with Crippen molar-refractivity contribution >= 4 is 5.91 Å². The lowest BCUT2D eigenvalue weighted by molar-refractivity contribution is 0.0512. The van der Waals surface area contributed by atoms with Gasteiger partial charge in [0.1, 0.15) is 0 Å². The highest BCUT2D eigenvalue weighted by molar-refractivity contribution is 5.98. The summed E-state index contributed by atoms with van der Waals surface area (Å²) in [6.07, 6.45) is 4.93. The van der Waals surface area contributed by atoms with Crippen LogP contribution in [0.1, 0.15) is 54.3 Å². The fraction of sp³-hybridized carbons (Fsp3) is 0.308. The first-order valence-corrected chi connectivity index (χ1v) is 11.8. The van der Waals surface area contributed by atoms with Gasteiger partial charge in [0.15, 0.2) is 17.5 Å². The summed E-state index contributed by atoms with van der Waals surface area (Å²) in [4.78, 5) is 15.9.